The number of aryl methyl sites for hydroxylation is 1. The third-order valence-electron chi connectivity index (χ3n) is 1.95. The molecule has 3 heteroatoms. The number of para-hydroxylation sites is 1. The van der Waals surface area contributed by atoms with E-state index in [0.717, 1.165) is 20.5 Å². The van der Waals surface area contributed by atoms with Crippen molar-refractivity contribution in [3.8, 4) is 0 Å². The fourth-order valence-electron chi connectivity index (χ4n) is 1.33. The molecule has 0 fully saturated rings. The van der Waals surface area contributed by atoms with Crippen molar-refractivity contribution in [1.82, 2.24) is 4.57 Å². The molecule has 0 spiro atoms. The van der Waals surface area contributed by atoms with Crippen LogP contribution < -0.4 is 0 Å². The Labute approximate surface area is 84.1 Å². The fourth-order valence-corrected chi connectivity index (χ4v) is 2.18. The lowest BCUT2D eigenvalue weighted by molar-refractivity contribution is 0.967. The molecule has 2 aromatic rings. The van der Waals surface area contributed by atoms with Gasteiger partial charge in [-0.05, 0) is 28.1 Å². The quantitative estimate of drug-likeness (QED) is 0.667. The van der Waals surface area contributed by atoms with E-state index in [1.807, 2.05) is 35.9 Å². The second kappa shape index (κ2) is 2.79. The Balaban J connectivity index is 2.97. The molecule has 0 saturated carbocycles. The van der Waals surface area contributed by atoms with Crippen LogP contribution in [-0.2, 0) is 7.05 Å². The number of rotatable bonds is 0. The molecular formula is C9H7BrClN. The highest BCUT2D eigenvalue weighted by atomic mass is 79.9. The summed E-state index contributed by atoms with van der Waals surface area (Å²) in [5.41, 5.74) is 1.14. The van der Waals surface area contributed by atoms with Crippen LogP contribution in [0.3, 0.4) is 0 Å². The van der Waals surface area contributed by atoms with Gasteiger partial charge in [0.25, 0.3) is 0 Å². The summed E-state index contributed by atoms with van der Waals surface area (Å²) in [7, 11) is 1.95. The van der Waals surface area contributed by atoms with E-state index in [4.69, 9.17) is 11.6 Å². The van der Waals surface area contributed by atoms with Crippen LogP contribution in [0.1, 0.15) is 0 Å². The number of hydrogen-bond acceptors (Lipinski definition) is 0. The van der Waals surface area contributed by atoms with E-state index in [-0.39, 0.29) is 0 Å². The van der Waals surface area contributed by atoms with Crippen LogP contribution in [0.25, 0.3) is 10.9 Å². The van der Waals surface area contributed by atoms with E-state index in [0.29, 0.717) is 0 Å². The Hall–Kier alpha value is -0.470. The third-order valence-corrected chi connectivity index (χ3v) is 2.95. The van der Waals surface area contributed by atoms with Crippen molar-refractivity contribution in [1.29, 1.82) is 0 Å². The van der Waals surface area contributed by atoms with Crippen LogP contribution in [0.5, 0.6) is 0 Å². The molecule has 0 saturated heterocycles. The van der Waals surface area contributed by atoms with Gasteiger partial charge < -0.3 is 4.57 Å². The maximum Gasteiger partial charge on any atom is 0.109 e. The zero-order valence-corrected chi connectivity index (χ0v) is 8.85. The first-order valence-electron chi connectivity index (χ1n) is 3.59. The molecule has 1 aromatic carbocycles. The molecule has 0 radical (unpaired) electrons. The molecule has 1 nitrogen and oxygen atoms in total. The molecule has 0 aliphatic heterocycles. The lowest BCUT2D eigenvalue weighted by Gasteiger charge is -1.99. The predicted octanol–water partition coefficient (Wildman–Crippen LogP) is 3.59. The van der Waals surface area contributed by atoms with Gasteiger partial charge >= 0.3 is 0 Å². The first-order valence-corrected chi connectivity index (χ1v) is 4.76. The van der Waals surface area contributed by atoms with Gasteiger partial charge in [0.15, 0.2) is 0 Å². The summed E-state index contributed by atoms with van der Waals surface area (Å²) in [5, 5.41) is 1.92. The molecule has 0 N–H and O–H groups in total. The number of aromatic nitrogens is 1. The van der Waals surface area contributed by atoms with E-state index in [2.05, 4.69) is 15.9 Å². The molecule has 0 unspecified atom stereocenters. The van der Waals surface area contributed by atoms with Gasteiger partial charge in [-0.1, -0.05) is 23.7 Å². The molecule has 1 aromatic heterocycles. The van der Waals surface area contributed by atoms with Crippen LogP contribution >= 0.6 is 27.5 Å². The number of fused-ring (bicyclic) bond motifs is 1. The van der Waals surface area contributed by atoms with E-state index in [1.54, 1.807) is 0 Å². The molecule has 0 bridgehead atoms. The number of halogens is 2. The molecule has 0 aliphatic rings. The standard InChI is InChI=1S/C9H7BrClN/c1-12-8(11)5-6-3-2-4-7(10)9(6)12/h2-5H,1H3. The lowest BCUT2D eigenvalue weighted by atomic mass is 10.2. The predicted molar refractivity (Wildman–Crippen MR) is 55.6 cm³/mol. The summed E-state index contributed by atoms with van der Waals surface area (Å²) >= 11 is 9.45. The Kier molecular flexibility index (Phi) is 1.89. The smallest absolute Gasteiger partial charge is 0.109 e. The number of hydrogen-bond donors (Lipinski definition) is 0. The van der Waals surface area contributed by atoms with Crippen molar-refractivity contribution in [2.75, 3.05) is 0 Å². The van der Waals surface area contributed by atoms with Crippen LogP contribution in [0.4, 0.5) is 0 Å². The second-order valence-electron chi connectivity index (χ2n) is 2.70. The van der Waals surface area contributed by atoms with Crippen LogP contribution in [0, 0.1) is 0 Å². The van der Waals surface area contributed by atoms with Gasteiger partial charge in [-0.25, -0.2) is 0 Å². The summed E-state index contributed by atoms with van der Waals surface area (Å²) in [5.74, 6) is 0. The van der Waals surface area contributed by atoms with Crippen molar-refractivity contribution in [2.45, 2.75) is 0 Å². The van der Waals surface area contributed by atoms with Crippen molar-refractivity contribution in [3.05, 3.63) is 33.9 Å². The minimum atomic E-state index is 0.761. The average Bonchev–Trinajstić information content (AvgIpc) is 2.29. The number of nitrogens with zero attached hydrogens (tertiary/aromatic N) is 1. The summed E-state index contributed by atoms with van der Waals surface area (Å²) in [4.78, 5) is 0. The van der Waals surface area contributed by atoms with Crippen LogP contribution in [-0.4, -0.2) is 4.57 Å². The van der Waals surface area contributed by atoms with Crippen LogP contribution in [0.2, 0.25) is 5.15 Å². The highest BCUT2D eigenvalue weighted by Gasteiger charge is 2.05. The molecule has 0 aliphatic carbocycles. The highest BCUT2D eigenvalue weighted by molar-refractivity contribution is 9.10. The molecule has 1 heterocycles. The minimum absolute atomic E-state index is 0.761. The van der Waals surface area contributed by atoms with Gasteiger partial charge in [0.2, 0.25) is 0 Å². The second-order valence-corrected chi connectivity index (χ2v) is 3.95. The maximum atomic E-state index is 5.97. The summed E-state index contributed by atoms with van der Waals surface area (Å²) in [6.07, 6.45) is 0. The van der Waals surface area contributed by atoms with Gasteiger partial charge in [0, 0.05) is 16.9 Å². The van der Waals surface area contributed by atoms with Crippen molar-refractivity contribution in [3.63, 3.8) is 0 Å². The van der Waals surface area contributed by atoms with E-state index >= 15 is 0 Å². The SMILES string of the molecule is Cn1c(Cl)cc2cccc(Br)c21. The van der Waals surface area contributed by atoms with Crippen molar-refractivity contribution >= 4 is 38.4 Å². The van der Waals surface area contributed by atoms with Crippen molar-refractivity contribution in [2.24, 2.45) is 7.05 Å². The fraction of sp³-hybridized carbons (Fsp3) is 0.111. The molecule has 12 heavy (non-hydrogen) atoms. The van der Waals surface area contributed by atoms with Gasteiger partial charge in [-0.2, -0.15) is 0 Å². The molecule has 2 rings (SSSR count). The van der Waals surface area contributed by atoms with Crippen LogP contribution in [0.15, 0.2) is 28.7 Å². The first kappa shape index (κ1) is 8.14. The number of benzene rings is 1. The Morgan fingerprint density at radius 3 is 2.83 bits per heavy atom. The first-order chi connectivity index (χ1) is 5.70. The summed E-state index contributed by atoms with van der Waals surface area (Å²) < 4.78 is 3.04. The zero-order valence-electron chi connectivity index (χ0n) is 6.51. The largest absolute Gasteiger partial charge is 0.334 e. The van der Waals surface area contributed by atoms with Gasteiger partial charge in [-0.15, -0.1) is 0 Å². The molecule has 62 valence electrons. The van der Waals surface area contributed by atoms with Gasteiger partial charge in [0.1, 0.15) is 5.15 Å². The zero-order chi connectivity index (χ0) is 8.72. The molecule has 0 amide bonds. The Morgan fingerprint density at radius 1 is 1.42 bits per heavy atom. The normalized spacial score (nSPS) is 10.9. The third kappa shape index (κ3) is 1.06. The monoisotopic (exact) mass is 243 g/mol. The van der Waals surface area contributed by atoms with E-state index < -0.39 is 0 Å². The lowest BCUT2D eigenvalue weighted by Crippen LogP contribution is -1.86. The Bertz CT molecular complexity index is 433. The van der Waals surface area contributed by atoms with Gasteiger partial charge in [-0.3, -0.25) is 0 Å². The average molecular weight is 245 g/mol. The minimum Gasteiger partial charge on any atom is -0.334 e. The van der Waals surface area contributed by atoms with Gasteiger partial charge in [0.05, 0.1) is 5.52 Å². The molecular weight excluding hydrogens is 237 g/mol. The molecule has 0 atom stereocenters. The van der Waals surface area contributed by atoms with Crippen molar-refractivity contribution < 1.29 is 0 Å². The Morgan fingerprint density at radius 2 is 2.17 bits per heavy atom. The summed E-state index contributed by atoms with van der Waals surface area (Å²) in [6, 6.07) is 8.02. The summed E-state index contributed by atoms with van der Waals surface area (Å²) in [6.45, 7) is 0. The van der Waals surface area contributed by atoms with E-state index in [9.17, 15) is 0 Å². The maximum absolute atomic E-state index is 5.97. The highest BCUT2D eigenvalue weighted by Crippen LogP contribution is 2.28. The van der Waals surface area contributed by atoms with E-state index in [1.165, 1.54) is 0 Å². The topological polar surface area (TPSA) is 4.93 Å².